The van der Waals surface area contributed by atoms with Gasteiger partial charge in [-0.25, -0.2) is 0 Å². The molecule has 1 heterocycles. The molecule has 0 bridgehead atoms. The van der Waals surface area contributed by atoms with Crippen molar-refractivity contribution in [1.29, 1.82) is 0 Å². The van der Waals surface area contributed by atoms with Crippen molar-refractivity contribution >= 4 is 37.6 Å². The molecule has 1 aliphatic heterocycles. The number of carbonyl (C=O) groups is 1. The van der Waals surface area contributed by atoms with Crippen LogP contribution in [0.2, 0.25) is 0 Å². The highest BCUT2D eigenvalue weighted by Gasteiger charge is 2.42. The summed E-state index contributed by atoms with van der Waals surface area (Å²) >= 11 is 6.92. The summed E-state index contributed by atoms with van der Waals surface area (Å²) in [6, 6.07) is 5.80. The molecular formula is C16H18Br2O2. The van der Waals surface area contributed by atoms with Crippen LogP contribution in [0.1, 0.15) is 48.9 Å². The van der Waals surface area contributed by atoms with Gasteiger partial charge in [0.05, 0.1) is 5.60 Å². The molecule has 2 fully saturated rings. The minimum Gasteiger partial charge on any atom is -0.375 e. The summed E-state index contributed by atoms with van der Waals surface area (Å²) in [5.41, 5.74) is 0.799. The molecule has 4 heteroatoms. The Morgan fingerprint density at radius 2 is 1.80 bits per heavy atom. The number of benzene rings is 1. The van der Waals surface area contributed by atoms with E-state index in [1.165, 1.54) is 12.8 Å². The molecule has 0 amide bonds. The maximum Gasteiger partial charge on any atom is 0.166 e. The van der Waals surface area contributed by atoms with Crippen molar-refractivity contribution in [3.05, 3.63) is 32.7 Å². The molecular weight excluding hydrogens is 384 g/mol. The SMILES string of the molecule is O=C(c1cc(Br)cc(Br)c1)C1CCOC2(CCCC2)C1. The normalized spacial score (nSPS) is 25.0. The lowest BCUT2D eigenvalue weighted by atomic mass is 9.81. The third-order valence-corrected chi connectivity index (χ3v) is 5.44. The van der Waals surface area contributed by atoms with E-state index in [4.69, 9.17) is 4.74 Å². The highest BCUT2D eigenvalue weighted by Crippen LogP contribution is 2.43. The van der Waals surface area contributed by atoms with Gasteiger partial charge in [0.1, 0.15) is 0 Å². The fourth-order valence-electron chi connectivity index (χ4n) is 3.55. The molecule has 0 N–H and O–H groups in total. The number of Topliss-reactive ketones (excluding diaryl/α,β-unsaturated/α-hetero) is 1. The zero-order valence-electron chi connectivity index (χ0n) is 11.3. The Morgan fingerprint density at radius 3 is 2.45 bits per heavy atom. The number of carbonyl (C=O) groups excluding carboxylic acids is 1. The first kappa shape index (κ1) is 14.7. The van der Waals surface area contributed by atoms with E-state index < -0.39 is 0 Å². The molecule has 3 rings (SSSR count). The molecule has 0 radical (unpaired) electrons. The number of ketones is 1. The van der Waals surface area contributed by atoms with Crippen molar-refractivity contribution in [3.63, 3.8) is 0 Å². The van der Waals surface area contributed by atoms with E-state index in [2.05, 4.69) is 31.9 Å². The molecule has 0 aromatic heterocycles. The van der Waals surface area contributed by atoms with Gasteiger partial charge in [0.25, 0.3) is 0 Å². The topological polar surface area (TPSA) is 26.3 Å². The summed E-state index contributed by atoms with van der Waals surface area (Å²) in [5, 5.41) is 0. The number of ether oxygens (including phenoxy) is 1. The first-order chi connectivity index (χ1) is 9.58. The van der Waals surface area contributed by atoms with E-state index in [9.17, 15) is 4.79 Å². The summed E-state index contributed by atoms with van der Waals surface area (Å²) in [6.07, 6.45) is 6.48. The van der Waals surface area contributed by atoms with Gasteiger partial charge in [-0.05, 0) is 43.9 Å². The fraction of sp³-hybridized carbons (Fsp3) is 0.562. The molecule has 20 heavy (non-hydrogen) atoms. The molecule has 1 saturated heterocycles. The summed E-state index contributed by atoms with van der Waals surface area (Å²) in [7, 11) is 0. The quantitative estimate of drug-likeness (QED) is 0.641. The predicted molar refractivity (Wildman–Crippen MR) is 86.0 cm³/mol. The first-order valence-corrected chi connectivity index (χ1v) is 8.81. The summed E-state index contributed by atoms with van der Waals surface area (Å²) < 4.78 is 7.90. The Balaban J connectivity index is 1.79. The van der Waals surface area contributed by atoms with Crippen molar-refractivity contribution in [2.24, 2.45) is 5.92 Å². The molecule has 108 valence electrons. The minimum atomic E-state index is 0.00181. The lowest BCUT2D eigenvalue weighted by Gasteiger charge is -2.37. The standard InChI is InChI=1S/C16H18Br2O2/c17-13-7-12(8-14(18)9-13)15(19)11-3-6-20-16(10-11)4-1-2-5-16/h7-9,11H,1-6,10H2. The third kappa shape index (κ3) is 3.02. The van der Waals surface area contributed by atoms with Crippen molar-refractivity contribution in [1.82, 2.24) is 0 Å². The molecule has 2 nitrogen and oxygen atoms in total. The van der Waals surface area contributed by atoms with Crippen molar-refractivity contribution in [2.75, 3.05) is 6.61 Å². The predicted octanol–water partition coefficient (Wildman–Crippen LogP) is 5.13. The van der Waals surface area contributed by atoms with E-state index in [1.54, 1.807) is 0 Å². The summed E-state index contributed by atoms with van der Waals surface area (Å²) in [4.78, 5) is 12.7. The van der Waals surface area contributed by atoms with Gasteiger partial charge >= 0.3 is 0 Å². The molecule has 1 saturated carbocycles. The van der Waals surface area contributed by atoms with Crippen LogP contribution in [-0.2, 0) is 4.74 Å². The van der Waals surface area contributed by atoms with E-state index in [0.717, 1.165) is 46.8 Å². The third-order valence-electron chi connectivity index (χ3n) is 4.53. The van der Waals surface area contributed by atoms with E-state index in [-0.39, 0.29) is 17.3 Å². The van der Waals surface area contributed by atoms with Crippen molar-refractivity contribution < 1.29 is 9.53 Å². The summed E-state index contributed by atoms with van der Waals surface area (Å²) in [6.45, 7) is 0.728. The van der Waals surface area contributed by atoms with Crippen LogP contribution in [0.15, 0.2) is 27.1 Å². The Morgan fingerprint density at radius 1 is 1.15 bits per heavy atom. The van der Waals surface area contributed by atoms with Crippen molar-refractivity contribution in [3.8, 4) is 0 Å². The Kier molecular flexibility index (Phi) is 4.34. The molecule has 1 aromatic carbocycles. The van der Waals surface area contributed by atoms with Gasteiger partial charge in [0.2, 0.25) is 0 Å². The highest BCUT2D eigenvalue weighted by molar-refractivity contribution is 9.11. The fourth-order valence-corrected chi connectivity index (χ4v) is 4.84. The van der Waals surface area contributed by atoms with Gasteiger partial charge in [0.15, 0.2) is 5.78 Å². The van der Waals surface area contributed by atoms with Crippen LogP contribution in [-0.4, -0.2) is 18.0 Å². The second-order valence-electron chi connectivity index (χ2n) is 5.95. The highest BCUT2D eigenvalue weighted by atomic mass is 79.9. The van der Waals surface area contributed by atoms with Crippen LogP contribution in [0.25, 0.3) is 0 Å². The Hall–Kier alpha value is -0.190. The zero-order chi connectivity index (χ0) is 14.2. The van der Waals surface area contributed by atoms with Crippen molar-refractivity contribution in [2.45, 2.75) is 44.1 Å². The molecule has 1 aliphatic carbocycles. The van der Waals surface area contributed by atoms with Gasteiger partial charge in [-0.1, -0.05) is 44.7 Å². The summed E-state index contributed by atoms with van der Waals surface area (Å²) in [5.74, 6) is 0.379. The van der Waals surface area contributed by atoms with E-state index >= 15 is 0 Å². The largest absolute Gasteiger partial charge is 0.375 e. The van der Waals surface area contributed by atoms with Crippen LogP contribution >= 0.6 is 31.9 Å². The number of hydrogen-bond donors (Lipinski definition) is 0. The van der Waals surface area contributed by atoms with E-state index in [1.807, 2.05) is 18.2 Å². The number of halogens is 2. The maximum absolute atomic E-state index is 12.7. The van der Waals surface area contributed by atoms with Gasteiger partial charge in [-0.2, -0.15) is 0 Å². The van der Waals surface area contributed by atoms with Crippen LogP contribution < -0.4 is 0 Å². The van der Waals surface area contributed by atoms with Crippen LogP contribution in [0.3, 0.4) is 0 Å². The minimum absolute atomic E-state index is 0.00181. The average molecular weight is 402 g/mol. The number of hydrogen-bond acceptors (Lipinski definition) is 2. The monoisotopic (exact) mass is 400 g/mol. The second-order valence-corrected chi connectivity index (χ2v) is 7.78. The second kappa shape index (κ2) is 5.90. The van der Waals surface area contributed by atoms with Crippen LogP contribution in [0.5, 0.6) is 0 Å². The lowest BCUT2D eigenvalue weighted by molar-refractivity contribution is -0.0866. The van der Waals surface area contributed by atoms with Crippen LogP contribution in [0, 0.1) is 5.92 Å². The maximum atomic E-state index is 12.7. The average Bonchev–Trinajstić information content (AvgIpc) is 2.85. The van der Waals surface area contributed by atoms with Gasteiger partial charge in [-0.15, -0.1) is 0 Å². The zero-order valence-corrected chi connectivity index (χ0v) is 14.5. The van der Waals surface area contributed by atoms with Gasteiger partial charge in [-0.3, -0.25) is 4.79 Å². The smallest absolute Gasteiger partial charge is 0.166 e. The van der Waals surface area contributed by atoms with Gasteiger partial charge < -0.3 is 4.74 Å². The molecule has 1 aromatic rings. The molecule has 1 spiro atoms. The first-order valence-electron chi connectivity index (χ1n) is 7.22. The Bertz CT molecular complexity index is 501. The van der Waals surface area contributed by atoms with Gasteiger partial charge in [0, 0.05) is 27.0 Å². The van der Waals surface area contributed by atoms with E-state index in [0.29, 0.717) is 0 Å². The Labute approximate surface area is 136 Å². The molecule has 1 atom stereocenters. The van der Waals surface area contributed by atoms with Crippen LogP contribution in [0.4, 0.5) is 0 Å². The number of rotatable bonds is 2. The molecule has 1 unspecified atom stereocenters. The lowest BCUT2D eigenvalue weighted by Crippen LogP contribution is -2.39. The molecule has 2 aliphatic rings.